The summed E-state index contributed by atoms with van der Waals surface area (Å²) in [5.41, 5.74) is 2.72. The van der Waals surface area contributed by atoms with Crippen LogP contribution in [0.1, 0.15) is 12.0 Å². The number of nitrogens with zero attached hydrogens (tertiary/aromatic N) is 1. The lowest BCUT2D eigenvalue weighted by Gasteiger charge is -2.33. The number of fused-ring (bicyclic) bond motifs is 1. The second-order valence-electron chi connectivity index (χ2n) is 5.11. The highest BCUT2D eigenvalue weighted by Crippen LogP contribution is 2.23. The van der Waals surface area contributed by atoms with Crippen LogP contribution in [-0.4, -0.2) is 46.3 Å². The van der Waals surface area contributed by atoms with Crippen LogP contribution in [0.2, 0.25) is 0 Å². The van der Waals surface area contributed by atoms with Crippen molar-refractivity contribution in [2.75, 3.05) is 36.5 Å². The lowest BCUT2D eigenvalue weighted by Crippen LogP contribution is -2.47. The van der Waals surface area contributed by atoms with Crippen molar-refractivity contribution in [3.8, 4) is 0 Å². The van der Waals surface area contributed by atoms with Gasteiger partial charge in [0.05, 0.1) is 0 Å². The van der Waals surface area contributed by atoms with E-state index < -0.39 is 10.8 Å². The van der Waals surface area contributed by atoms with E-state index in [-0.39, 0.29) is 0 Å². The van der Waals surface area contributed by atoms with Crippen LogP contribution in [0.5, 0.6) is 0 Å². The molecule has 0 saturated carbocycles. The van der Waals surface area contributed by atoms with Crippen LogP contribution < -0.4 is 5.32 Å². The van der Waals surface area contributed by atoms with Gasteiger partial charge in [-0.1, -0.05) is 18.2 Å². The summed E-state index contributed by atoms with van der Waals surface area (Å²) in [6, 6.07) is 9.19. The van der Waals surface area contributed by atoms with Crippen LogP contribution in [0, 0.1) is 0 Å². The third kappa shape index (κ3) is 2.59. The van der Waals surface area contributed by atoms with Crippen molar-refractivity contribution in [3.05, 3.63) is 29.8 Å². The molecule has 1 N–H and O–H groups in total. The Morgan fingerprint density at radius 1 is 1.22 bits per heavy atom. The van der Waals surface area contributed by atoms with Gasteiger partial charge in [0.15, 0.2) is 0 Å². The van der Waals surface area contributed by atoms with Crippen molar-refractivity contribution in [2.24, 2.45) is 0 Å². The number of benzene rings is 1. The normalized spacial score (nSPS) is 26.1. The minimum absolute atomic E-state index is 0.572. The van der Waals surface area contributed by atoms with Crippen LogP contribution in [0.25, 0.3) is 0 Å². The van der Waals surface area contributed by atoms with E-state index in [9.17, 15) is 4.21 Å². The first-order valence-corrected chi connectivity index (χ1v) is 8.22. The quantitative estimate of drug-likeness (QED) is 0.834. The molecular formula is C14H20N2OS. The SMILES string of the molecule is O=S1CCN(C2CCc3ccccc3NC2)CC1. The molecule has 0 bridgehead atoms. The summed E-state index contributed by atoms with van der Waals surface area (Å²) in [4.78, 5) is 2.51. The van der Waals surface area contributed by atoms with Crippen molar-refractivity contribution in [2.45, 2.75) is 18.9 Å². The van der Waals surface area contributed by atoms with Gasteiger partial charge in [-0.3, -0.25) is 9.11 Å². The molecule has 1 atom stereocenters. The molecule has 0 aliphatic carbocycles. The van der Waals surface area contributed by atoms with Gasteiger partial charge in [0.2, 0.25) is 0 Å². The first-order valence-electron chi connectivity index (χ1n) is 6.74. The van der Waals surface area contributed by atoms with Crippen molar-refractivity contribution < 1.29 is 4.21 Å². The smallest absolute Gasteiger partial charge is 0.0373 e. The number of anilines is 1. The molecule has 0 radical (unpaired) electrons. The Hall–Kier alpha value is -0.870. The Kier molecular flexibility index (Phi) is 3.66. The Morgan fingerprint density at radius 2 is 2.00 bits per heavy atom. The molecule has 0 aromatic heterocycles. The summed E-state index contributed by atoms with van der Waals surface area (Å²) >= 11 is 0. The van der Waals surface area contributed by atoms with E-state index in [0.29, 0.717) is 6.04 Å². The maximum Gasteiger partial charge on any atom is 0.0373 e. The molecule has 2 heterocycles. The molecule has 1 saturated heterocycles. The number of nitrogens with one attached hydrogen (secondary N) is 1. The molecule has 4 heteroatoms. The first-order chi connectivity index (χ1) is 8.83. The lowest BCUT2D eigenvalue weighted by molar-refractivity contribution is 0.214. The van der Waals surface area contributed by atoms with Crippen LogP contribution >= 0.6 is 0 Å². The Morgan fingerprint density at radius 3 is 2.83 bits per heavy atom. The molecule has 2 aliphatic heterocycles. The predicted octanol–water partition coefficient (Wildman–Crippen LogP) is 1.48. The summed E-state index contributed by atoms with van der Waals surface area (Å²) in [7, 11) is -0.572. The largest absolute Gasteiger partial charge is 0.383 e. The fraction of sp³-hybridized carbons (Fsp3) is 0.571. The average molecular weight is 264 g/mol. The van der Waals surface area contributed by atoms with E-state index >= 15 is 0 Å². The van der Waals surface area contributed by atoms with Gasteiger partial charge >= 0.3 is 0 Å². The average Bonchev–Trinajstić information content (AvgIpc) is 2.62. The summed E-state index contributed by atoms with van der Waals surface area (Å²) in [6.07, 6.45) is 2.35. The third-order valence-corrected chi connectivity index (χ3v) is 5.30. The zero-order valence-corrected chi connectivity index (χ0v) is 11.4. The van der Waals surface area contributed by atoms with E-state index in [1.165, 1.54) is 17.7 Å². The summed E-state index contributed by atoms with van der Waals surface area (Å²) in [5, 5.41) is 3.57. The Bertz CT molecular complexity index is 412. The van der Waals surface area contributed by atoms with Gasteiger partial charge in [-0.25, -0.2) is 0 Å². The van der Waals surface area contributed by atoms with Crippen LogP contribution in [-0.2, 0) is 17.2 Å². The van der Waals surface area contributed by atoms with Crippen LogP contribution in [0.15, 0.2) is 24.3 Å². The van der Waals surface area contributed by atoms with Gasteiger partial charge in [-0.05, 0) is 24.5 Å². The minimum Gasteiger partial charge on any atom is -0.383 e. The maximum atomic E-state index is 11.4. The van der Waals surface area contributed by atoms with Crippen LogP contribution in [0.3, 0.4) is 0 Å². The number of rotatable bonds is 1. The van der Waals surface area contributed by atoms with Gasteiger partial charge in [0, 0.05) is 53.7 Å². The molecule has 0 spiro atoms. The fourth-order valence-corrected chi connectivity index (χ4v) is 3.97. The maximum absolute atomic E-state index is 11.4. The Labute approximate surface area is 111 Å². The monoisotopic (exact) mass is 264 g/mol. The molecule has 3 nitrogen and oxygen atoms in total. The molecule has 3 rings (SSSR count). The van der Waals surface area contributed by atoms with Gasteiger partial charge in [0.1, 0.15) is 0 Å². The molecule has 2 aliphatic rings. The van der Waals surface area contributed by atoms with E-state index in [1.54, 1.807) is 0 Å². The first kappa shape index (κ1) is 12.2. The number of aryl methyl sites for hydroxylation is 1. The highest BCUT2D eigenvalue weighted by Gasteiger charge is 2.24. The molecule has 1 aromatic rings. The second kappa shape index (κ2) is 5.41. The van der Waals surface area contributed by atoms with Gasteiger partial charge < -0.3 is 5.32 Å². The predicted molar refractivity (Wildman–Crippen MR) is 76.5 cm³/mol. The third-order valence-electron chi connectivity index (χ3n) is 4.02. The van der Waals surface area contributed by atoms with E-state index in [0.717, 1.165) is 37.6 Å². The summed E-state index contributed by atoms with van der Waals surface area (Å²) in [5.74, 6) is 1.70. The number of para-hydroxylation sites is 1. The molecular weight excluding hydrogens is 244 g/mol. The highest BCUT2D eigenvalue weighted by molar-refractivity contribution is 7.85. The zero-order chi connectivity index (χ0) is 12.4. The topological polar surface area (TPSA) is 32.3 Å². The highest BCUT2D eigenvalue weighted by atomic mass is 32.2. The molecule has 18 heavy (non-hydrogen) atoms. The zero-order valence-electron chi connectivity index (χ0n) is 10.6. The molecule has 0 amide bonds. The van der Waals surface area contributed by atoms with Crippen molar-refractivity contribution in [1.82, 2.24) is 4.90 Å². The fourth-order valence-electron chi connectivity index (χ4n) is 2.89. The van der Waals surface area contributed by atoms with Gasteiger partial charge in [0.25, 0.3) is 0 Å². The van der Waals surface area contributed by atoms with Gasteiger partial charge in [-0.15, -0.1) is 0 Å². The number of hydrogen-bond acceptors (Lipinski definition) is 3. The lowest BCUT2D eigenvalue weighted by atomic mass is 10.1. The van der Waals surface area contributed by atoms with E-state index in [4.69, 9.17) is 0 Å². The van der Waals surface area contributed by atoms with E-state index in [2.05, 4.69) is 34.5 Å². The second-order valence-corrected chi connectivity index (χ2v) is 6.81. The van der Waals surface area contributed by atoms with E-state index in [1.807, 2.05) is 0 Å². The molecule has 1 aromatic carbocycles. The standard InChI is InChI=1S/C14H20N2OS/c17-18-9-7-16(8-10-18)13-6-5-12-3-1-2-4-14(12)15-11-13/h1-4,13,15H,5-11H2. The van der Waals surface area contributed by atoms with Gasteiger partial charge in [-0.2, -0.15) is 0 Å². The summed E-state index contributed by atoms with van der Waals surface area (Å²) < 4.78 is 11.4. The number of hydrogen-bond donors (Lipinski definition) is 1. The van der Waals surface area contributed by atoms with Crippen molar-refractivity contribution >= 4 is 16.5 Å². The molecule has 1 fully saturated rings. The minimum atomic E-state index is -0.572. The Balaban J connectivity index is 1.66. The van der Waals surface area contributed by atoms with Crippen molar-refractivity contribution in [3.63, 3.8) is 0 Å². The summed E-state index contributed by atoms with van der Waals surface area (Å²) in [6.45, 7) is 3.01. The van der Waals surface area contributed by atoms with Crippen molar-refractivity contribution in [1.29, 1.82) is 0 Å². The van der Waals surface area contributed by atoms with Crippen LogP contribution in [0.4, 0.5) is 5.69 Å². The molecule has 1 unspecified atom stereocenters. The molecule has 98 valence electrons.